The molecular weight excluding hydrogens is 314 g/mol. The lowest BCUT2D eigenvalue weighted by Crippen LogP contribution is -2.54. The van der Waals surface area contributed by atoms with Crippen LogP contribution < -0.4 is 5.73 Å². The fraction of sp³-hybridized carbons (Fsp3) is 0.529. The second-order valence-electron chi connectivity index (χ2n) is 7.17. The molecule has 0 spiro atoms. The number of aliphatic carboxylic acids is 1. The van der Waals surface area contributed by atoms with Crippen LogP contribution in [0.1, 0.15) is 46.1 Å². The zero-order chi connectivity index (χ0) is 18.9. The fourth-order valence-corrected chi connectivity index (χ4v) is 2.39. The zero-order valence-corrected chi connectivity index (χ0v) is 14.5. The quantitative estimate of drug-likeness (QED) is 0.476. The van der Waals surface area contributed by atoms with Gasteiger partial charge in [0.15, 0.2) is 11.5 Å². The van der Waals surface area contributed by atoms with E-state index in [9.17, 15) is 24.9 Å². The summed E-state index contributed by atoms with van der Waals surface area (Å²) in [5.74, 6) is -3.46. The highest BCUT2D eigenvalue weighted by atomic mass is 16.5. The Morgan fingerprint density at radius 1 is 1.12 bits per heavy atom. The summed E-state index contributed by atoms with van der Waals surface area (Å²) in [5, 5.41) is 28.6. The number of phenols is 2. The number of hydrogen-bond acceptors (Lipinski definition) is 6. The molecule has 0 heterocycles. The molecule has 0 amide bonds. The van der Waals surface area contributed by atoms with E-state index in [0.717, 1.165) is 0 Å². The maximum absolute atomic E-state index is 12.1. The second-order valence-corrected chi connectivity index (χ2v) is 7.17. The third kappa shape index (κ3) is 4.17. The molecule has 0 aliphatic heterocycles. The summed E-state index contributed by atoms with van der Waals surface area (Å²) in [6.45, 7) is 7.91. The number of carbonyl (C=O) groups excluding carboxylic acids is 1. The Labute approximate surface area is 141 Å². The first-order valence-corrected chi connectivity index (χ1v) is 7.53. The van der Waals surface area contributed by atoms with E-state index in [2.05, 4.69) is 0 Å². The van der Waals surface area contributed by atoms with Gasteiger partial charge in [-0.25, -0.2) is 0 Å². The van der Waals surface area contributed by atoms with Crippen LogP contribution in [0, 0.1) is 5.41 Å². The van der Waals surface area contributed by atoms with Gasteiger partial charge in [-0.05, 0) is 52.3 Å². The molecule has 134 valence electrons. The maximum atomic E-state index is 12.1. The number of benzene rings is 1. The zero-order valence-electron chi connectivity index (χ0n) is 14.5. The molecule has 1 rings (SSSR count). The molecule has 24 heavy (non-hydrogen) atoms. The van der Waals surface area contributed by atoms with E-state index >= 15 is 0 Å². The van der Waals surface area contributed by atoms with Crippen molar-refractivity contribution in [1.29, 1.82) is 0 Å². The minimum Gasteiger partial charge on any atom is -0.504 e. The topological polar surface area (TPSA) is 130 Å². The Balaban J connectivity index is 3.31. The minimum absolute atomic E-state index is 0.340. The molecule has 1 unspecified atom stereocenters. The molecule has 0 aliphatic rings. The summed E-state index contributed by atoms with van der Waals surface area (Å²) in [5.41, 5.74) is 3.79. The van der Waals surface area contributed by atoms with Gasteiger partial charge in [0, 0.05) is 5.92 Å². The summed E-state index contributed by atoms with van der Waals surface area (Å²) >= 11 is 0. The monoisotopic (exact) mass is 339 g/mol. The van der Waals surface area contributed by atoms with Gasteiger partial charge in [0.1, 0.15) is 11.6 Å². The largest absolute Gasteiger partial charge is 0.504 e. The lowest BCUT2D eigenvalue weighted by atomic mass is 9.77. The standard InChI is InChI=1S/C17H25NO6/c1-9(24-15(23)16(2,3)4)13(17(5,18)14(21)22)10-6-7-11(19)12(20)8-10/h6-9,13,19-20H,18H2,1-5H3,(H,21,22)/t9?,13-,17+/m1/s1. The van der Waals surface area contributed by atoms with Gasteiger partial charge >= 0.3 is 11.9 Å². The summed E-state index contributed by atoms with van der Waals surface area (Å²) < 4.78 is 5.41. The van der Waals surface area contributed by atoms with Gasteiger partial charge in [-0.1, -0.05) is 6.07 Å². The predicted octanol–water partition coefficient (Wildman–Crippen LogP) is 1.96. The Morgan fingerprint density at radius 2 is 1.67 bits per heavy atom. The van der Waals surface area contributed by atoms with Gasteiger partial charge < -0.3 is 25.8 Å². The molecule has 1 aromatic carbocycles. The molecular formula is C17H25NO6. The van der Waals surface area contributed by atoms with E-state index in [1.165, 1.54) is 25.1 Å². The van der Waals surface area contributed by atoms with Gasteiger partial charge in [-0.15, -0.1) is 0 Å². The van der Waals surface area contributed by atoms with Crippen molar-refractivity contribution in [2.45, 2.75) is 52.2 Å². The third-order valence-corrected chi connectivity index (χ3v) is 3.84. The van der Waals surface area contributed by atoms with Crippen LogP contribution in [0.25, 0.3) is 0 Å². The summed E-state index contributed by atoms with van der Waals surface area (Å²) in [6.07, 6.45) is -0.869. The highest BCUT2D eigenvalue weighted by Gasteiger charge is 2.44. The molecule has 0 saturated heterocycles. The lowest BCUT2D eigenvalue weighted by Gasteiger charge is -2.35. The van der Waals surface area contributed by atoms with Crippen molar-refractivity contribution in [3.05, 3.63) is 23.8 Å². The van der Waals surface area contributed by atoms with Crippen molar-refractivity contribution in [3.8, 4) is 11.5 Å². The van der Waals surface area contributed by atoms with Crippen LogP contribution in [0.2, 0.25) is 0 Å². The van der Waals surface area contributed by atoms with Gasteiger partial charge in [-0.2, -0.15) is 0 Å². The van der Waals surface area contributed by atoms with Crippen molar-refractivity contribution in [3.63, 3.8) is 0 Å². The van der Waals surface area contributed by atoms with Gasteiger partial charge in [0.25, 0.3) is 0 Å². The second kappa shape index (κ2) is 6.68. The predicted molar refractivity (Wildman–Crippen MR) is 87.7 cm³/mol. The van der Waals surface area contributed by atoms with Crippen molar-refractivity contribution in [2.75, 3.05) is 0 Å². The van der Waals surface area contributed by atoms with E-state index in [1.54, 1.807) is 27.7 Å². The van der Waals surface area contributed by atoms with Crippen LogP contribution in [-0.4, -0.2) is 38.9 Å². The SMILES string of the molecule is CC(OC(=O)C(C)(C)C)[C@H](c1ccc(O)c(O)c1)[C@](C)(N)C(=O)O. The maximum Gasteiger partial charge on any atom is 0.324 e. The number of esters is 1. The smallest absolute Gasteiger partial charge is 0.324 e. The average molecular weight is 339 g/mol. The Morgan fingerprint density at radius 3 is 2.08 bits per heavy atom. The van der Waals surface area contributed by atoms with Crippen molar-refractivity contribution >= 4 is 11.9 Å². The Hall–Kier alpha value is -2.28. The minimum atomic E-state index is -1.76. The average Bonchev–Trinajstić information content (AvgIpc) is 2.41. The van der Waals surface area contributed by atoms with Gasteiger partial charge in [-0.3, -0.25) is 9.59 Å². The number of hydrogen-bond donors (Lipinski definition) is 4. The summed E-state index contributed by atoms with van der Waals surface area (Å²) in [7, 11) is 0. The summed E-state index contributed by atoms with van der Waals surface area (Å²) in [4.78, 5) is 23.7. The summed E-state index contributed by atoms with van der Waals surface area (Å²) in [6, 6.07) is 3.89. The number of carboxylic acids is 1. The number of aromatic hydroxyl groups is 2. The molecule has 0 bridgehead atoms. The highest BCUT2D eigenvalue weighted by molar-refractivity contribution is 5.80. The van der Waals surface area contributed by atoms with E-state index < -0.39 is 40.7 Å². The van der Waals surface area contributed by atoms with E-state index in [0.29, 0.717) is 5.56 Å². The molecule has 0 aliphatic carbocycles. The molecule has 0 aromatic heterocycles. The lowest BCUT2D eigenvalue weighted by molar-refractivity contribution is -0.162. The first-order valence-electron chi connectivity index (χ1n) is 7.53. The van der Waals surface area contributed by atoms with Crippen molar-refractivity contribution in [1.82, 2.24) is 0 Å². The Kier molecular flexibility index (Phi) is 5.50. The van der Waals surface area contributed by atoms with Crippen LogP contribution in [0.5, 0.6) is 11.5 Å². The molecule has 7 nitrogen and oxygen atoms in total. The molecule has 7 heteroatoms. The first kappa shape index (κ1) is 19.8. The normalized spacial score (nSPS) is 16.8. The highest BCUT2D eigenvalue weighted by Crippen LogP contribution is 2.37. The number of carbonyl (C=O) groups is 2. The van der Waals surface area contributed by atoms with E-state index in [1.807, 2.05) is 0 Å². The molecule has 0 fully saturated rings. The number of phenolic OH excluding ortho intramolecular Hbond substituents is 2. The number of ether oxygens (including phenoxy) is 1. The molecule has 0 saturated carbocycles. The van der Waals surface area contributed by atoms with Crippen molar-refractivity contribution < 1.29 is 29.6 Å². The van der Waals surface area contributed by atoms with E-state index in [-0.39, 0.29) is 5.75 Å². The first-order chi connectivity index (χ1) is 10.8. The van der Waals surface area contributed by atoms with Crippen LogP contribution in [-0.2, 0) is 14.3 Å². The molecule has 3 atom stereocenters. The van der Waals surface area contributed by atoms with Gasteiger partial charge in [0.05, 0.1) is 5.41 Å². The van der Waals surface area contributed by atoms with Crippen LogP contribution in [0.4, 0.5) is 0 Å². The van der Waals surface area contributed by atoms with Crippen LogP contribution in [0.15, 0.2) is 18.2 Å². The number of nitrogens with two attached hydrogens (primary N) is 1. The van der Waals surface area contributed by atoms with Crippen LogP contribution in [0.3, 0.4) is 0 Å². The Bertz CT molecular complexity index is 632. The number of carboxylic acid groups (broad SMARTS) is 1. The van der Waals surface area contributed by atoms with Crippen molar-refractivity contribution in [2.24, 2.45) is 11.1 Å². The van der Waals surface area contributed by atoms with Crippen LogP contribution >= 0.6 is 0 Å². The number of rotatable bonds is 5. The molecule has 0 radical (unpaired) electrons. The molecule has 1 aromatic rings. The van der Waals surface area contributed by atoms with Gasteiger partial charge in [0.2, 0.25) is 0 Å². The third-order valence-electron chi connectivity index (χ3n) is 3.84. The van der Waals surface area contributed by atoms with E-state index in [4.69, 9.17) is 10.5 Å². The molecule has 5 N–H and O–H groups in total. The fourth-order valence-electron chi connectivity index (χ4n) is 2.39.